The number of nitrogens with one attached hydrogen (secondary N) is 2. The van der Waals surface area contributed by atoms with E-state index in [4.69, 9.17) is 14.5 Å². The molecule has 0 fully saturated rings. The van der Waals surface area contributed by atoms with Gasteiger partial charge < -0.3 is 14.8 Å². The maximum absolute atomic E-state index is 13.3. The number of aryl methyl sites for hydroxylation is 1. The standard InChI is InChI=1S/C27H30N4O3/c1-5-7-14-28-27(32)20-16-21(19-12-13-22(33-3)23(15-19)34-4)29-26-24(20)25(30-31-26)18-10-8-17(6-2)9-11-18/h8-13,15-16H,5-7,14H2,1-4H3,(H,28,32)(H,29,30,31). The Bertz CT molecular complexity index is 1300. The van der Waals surface area contributed by atoms with Crippen LogP contribution in [0.5, 0.6) is 11.5 Å². The van der Waals surface area contributed by atoms with E-state index in [9.17, 15) is 4.79 Å². The summed E-state index contributed by atoms with van der Waals surface area (Å²) in [7, 11) is 3.19. The Kier molecular flexibility index (Phi) is 7.11. The van der Waals surface area contributed by atoms with Gasteiger partial charge >= 0.3 is 0 Å². The van der Waals surface area contributed by atoms with E-state index >= 15 is 0 Å². The predicted octanol–water partition coefficient (Wildman–Crippen LogP) is 5.40. The summed E-state index contributed by atoms with van der Waals surface area (Å²) in [6.07, 6.45) is 2.88. The lowest BCUT2D eigenvalue weighted by atomic mass is 10.0. The fourth-order valence-electron chi connectivity index (χ4n) is 3.94. The van der Waals surface area contributed by atoms with Crippen LogP contribution in [0.15, 0.2) is 48.5 Å². The SMILES string of the molecule is CCCCNC(=O)c1cc(-c2ccc(OC)c(OC)c2)nc2n[nH]c(-c3ccc(CC)cc3)c12. The molecular weight excluding hydrogens is 428 g/mol. The molecule has 2 aromatic heterocycles. The number of H-pyrrole nitrogens is 1. The number of methoxy groups -OCH3 is 2. The van der Waals surface area contributed by atoms with E-state index in [2.05, 4.69) is 41.5 Å². The van der Waals surface area contributed by atoms with Crippen LogP contribution in [0.3, 0.4) is 0 Å². The highest BCUT2D eigenvalue weighted by Gasteiger charge is 2.20. The number of hydrogen-bond acceptors (Lipinski definition) is 5. The molecule has 0 bridgehead atoms. The molecule has 4 rings (SSSR count). The highest BCUT2D eigenvalue weighted by atomic mass is 16.5. The average molecular weight is 459 g/mol. The molecule has 2 aromatic carbocycles. The van der Waals surface area contributed by atoms with Gasteiger partial charge in [-0.25, -0.2) is 4.98 Å². The van der Waals surface area contributed by atoms with Gasteiger partial charge in [0.1, 0.15) is 0 Å². The van der Waals surface area contributed by atoms with Gasteiger partial charge in [0.2, 0.25) is 0 Å². The highest BCUT2D eigenvalue weighted by Crippen LogP contribution is 2.35. The van der Waals surface area contributed by atoms with Gasteiger partial charge in [-0.1, -0.05) is 44.5 Å². The number of unbranched alkanes of at least 4 members (excludes halogenated alkanes) is 1. The number of rotatable bonds is 9. The second-order valence-corrected chi connectivity index (χ2v) is 8.08. The second-order valence-electron chi connectivity index (χ2n) is 8.08. The minimum Gasteiger partial charge on any atom is -0.493 e. The quantitative estimate of drug-likeness (QED) is 0.328. The van der Waals surface area contributed by atoms with Gasteiger partial charge in [0.05, 0.1) is 36.6 Å². The zero-order chi connectivity index (χ0) is 24.1. The lowest BCUT2D eigenvalue weighted by Crippen LogP contribution is -2.24. The molecule has 0 atom stereocenters. The molecule has 7 heteroatoms. The number of benzene rings is 2. The van der Waals surface area contributed by atoms with E-state index in [1.165, 1.54) is 5.56 Å². The summed E-state index contributed by atoms with van der Waals surface area (Å²) in [4.78, 5) is 18.1. The van der Waals surface area contributed by atoms with E-state index in [-0.39, 0.29) is 5.91 Å². The van der Waals surface area contributed by atoms with Crippen molar-refractivity contribution in [1.29, 1.82) is 0 Å². The van der Waals surface area contributed by atoms with Crippen molar-refractivity contribution in [2.45, 2.75) is 33.1 Å². The van der Waals surface area contributed by atoms with Crippen molar-refractivity contribution in [1.82, 2.24) is 20.5 Å². The molecule has 2 N–H and O–H groups in total. The van der Waals surface area contributed by atoms with E-state index in [1.54, 1.807) is 14.2 Å². The molecular formula is C27H30N4O3. The summed E-state index contributed by atoms with van der Waals surface area (Å²) in [6.45, 7) is 4.84. The number of ether oxygens (including phenoxy) is 2. The summed E-state index contributed by atoms with van der Waals surface area (Å²) in [5, 5.41) is 11.3. The normalized spacial score (nSPS) is 10.9. The fourth-order valence-corrected chi connectivity index (χ4v) is 3.94. The highest BCUT2D eigenvalue weighted by molar-refractivity contribution is 6.11. The van der Waals surface area contributed by atoms with Crippen LogP contribution >= 0.6 is 0 Å². The zero-order valence-electron chi connectivity index (χ0n) is 20.1. The Balaban J connectivity index is 1.86. The van der Waals surface area contributed by atoms with E-state index in [0.29, 0.717) is 40.3 Å². The third-order valence-corrected chi connectivity index (χ3v) is 5.91. The minimum atomic E-state index is -0.143. The summed E-state index contributed by atoms with van der Waals surface area (Å²) >= 11 is 0. The largest absolute Gasteiger partial charge is 0.493 e. The third kappa shape index (κ3) is 4.59. The lowest BCUT2D eigenvalue weighted by Gasteiger charge is -2.12. The van der Waals surface area contributed by atoms with Gasteiger partial charge in [-0.05, 0) is 42.7 Å². The van der Waals surface area contributed by atoms with Gasteiger partial charge in [-0.3, -0.25) is 9.89 Å². The molecule has 4 aromatic rings. The Morgan fingerprint density at radius 3 is 2.38 bits per heavy atom. The number of aromatic nitrogens is 3. The van der Waals surface area contributed by atoms with E-state index < -0.39 is 0 Å². The van der Waals surface area contributed by atoms with Crippen LogP contribution in [0.25, 0.3) is 33.5 Å². The summed E-state index contributed by atoms with van der Waals surface area (Å²) in [5.41, 5.74) is 5.45. The van der Waals surface area contributed by atoms with Gasteiger partial charge in [0.15, 0.2) is 17.1 Å². The van der Waals surface area contributed by atoms with Crippen LogP contribution in [-0.2, 0) is 6.42 Å². The number of carbonyl (C=O) groups is 1. The molecule has 0 unspecified atom stereocenters. The van der Waals surface area contributed by atoms with Gasteiger partial charge in [-0.15, -0.1) is 0 Å². The third-order valence-electron chi connectivity index (χ3n) is 5.91. The van der Waals surface area contributed by atoms with Crippen molar-refractivity contribution in [3.05, 3.63) is 59.7 Å². The first-order valence-corrected chi connectivity index (χ1v) is 11.6. The molecule has 176 valence electrons. The molecule has 0 aliphatic carbocycles. The van der Waals surface area contributed by atoms with Crippen LogP contribution < -0.4 is 14.8 Å². The van der Waals surface area contributed by atoms with Gasteiger partial charge in [-0.2, -0.15) is 5.10 Å². The molecule has 0 radical (unpaired) electrons. The second kappa shape index (κ2) is 10.4. The van der Waals surface area contributed by atoms with Crippen molar-refractivity contribution in [3.63, 3.8) is 0 Å². The maximum Gasteiger partial charge on any atom is 0.252 e. The first kappa shape index (κ1) is 23.3. The molecule has 0 spiro atoms. The molecule has 0 saturated heterocycles. The molecule has 0 aliphatic heterocycles. The lowest BCUT2D eigenvalue weighted by molar-refractivity contribution is 0.0955. The minimum absolute atomic E-state index is 0.143. The average Bonchev–Trinajstić information content (AvgIpc) is 3.32. The van der Waals surface area contributed by atoms with Crippen molar-refractivity contribution in [2.75, 3.05) is 20.8 Å². The fraction of sp³-hybridized carbons (Fsp3) is 0.296. The van der Waals surface area contributed by atoms with Crippen molar-refractivity contribution in [2.24, 2.45) is 0 Å². The Morgan fingerprint density at radius 2 is 1.71 bits per heavy atom. The Hall–Kier alpha value is -3.87. The van der Waals surface area contributed by atoms with Crippen LogP contribution in [0, 0.1) is 0 Å². The molecule has 34 heavy (non-hydrogen) atoms. The summed E-state index contributed by atoms with van der Waals surface area (Å²) in [5.74, 6) is 1.08. The molecule has 2 heterocycles. The maximum atomic E-state index is 13.3. The van der Waals surface area contributed by atoms with E-state index in [0.717, 1.165) is 36.1 Å². The Morgan fingerprint density at radius 1 is 0.971 bits per heavy atom. The van der Waals surface area contributed by atoms with Crippen LogP contribution in [0.1, 0.15) is 42.6 Å². The van der Waals surface area contributed by atoms with E-state index in [1.807, 2.05) is 36.4 Å². The Labute approximate surface area is 199 Å². The number of hydrogen-bond donors (Lipinski definition) is 2. The van der Waals surface area contributed by atoms with Crippen LogP contribution in [0.4, 0.5) is 0 Å². The predicted molar refractivity (Wildman–Crippen MR) is 134 cm³/mol. The number of amides is 1. The topological polar surface area (TPSA) is 89.1 Å². The number of pyridine rings is 1. The van der Waals surface area contributed by atoms with Crippen molar-refractivity contribution < 1.29 is 14.3 Å². The molecule has 0 saturated carbocycles. The van der Waals surface area contributed by atoms with Crippen molar-refractivity contribution >= 4 is 16.9 Å². The summed E-state index contributed by atoms with van der Waals surface area (Å²) < 4.78 is 10.8. The summed E-state index contributed by atoms with van der Waals surface area (Å²) in [6, 6.07) is 15.7. The molecule has 7 nitrogen and oxygen atoms in total. The van der Waals surface area contributed by atoms with Crippen molar-refractivity contribution in [3.8, 4) is 34.0 Å². The van der Waals surface area contributed by atoms with Crippen LogP contribution in [-0.4, -0.2) is 41.9 Å². The molecule has 1 amide bonds. The number of aromatic amines is 1. The monoisotopic (exact) mass is 458 g/mol. The first-order valence-electron chi connectivity index (χ1n) is 11.6. The number of fused-ring (bicyclic) bond motifs is 1. The van der Waals surface area contributed by atoms with Gasteiger partial charge in [0.25, 0.3) is 5.91 Å². The van der Waals surface area contributed by atoms with Crippen LogP contribution in [0.2, 0.25) is 0 Å². The number of nitrogens with zero attached hydrogens (tertiary/aromatic N) is 2. The zero-order valence-corrected chi connectivity index (χ0v) is 20.1. The smallest absolute Gasteiger partial charge is 0.252 e. The van der Waals surface area contributed by atoms with Gasteiger partial charge in [0, 0.05) is 17.7 Å². The molecule has 0 aliphatic rings. The number of carbonyl (C=O) groups excluding carboxylic acids is 1. The first-order chi connectivity index (χ1) is 16.6.